The normalized spacial score (nSPS) is 14.4. The Morgan fingerprint density at radius 1 is 1.41 bits per heavy atom. The van der Waals surface area contributed by atoms with Gasteiger partial charge >= 0.3 is 0 Å². The molecule has 0 aliphatic heterocycles. The van der Waals surface area contributed by atoms with Crippen molar-refractivity contribution in [2.75, 3.05) is 11.9 Å². The largest absolute Gasteiger partial charge is 0.354 e. The predicted molar refractivity (Wildman–Crippen MR) is 73.6 cm³/mol. The molecule has 0 atom stereocenters. The molecular formula is C11H15IN4O. The molecule has 1 aliphatic carbocycles. The summed E-state index contributed by atoms with van der Waals surface area (Å²) < 4.78 is 1.01. The molecule has 1 aromatic rings. The standard InChI is InChI=1S/C11H15IN4O/c12-8-6-14-11(15-7-8)13-5-1-2-10(17)16-9-3-4-9/h6-7,9H,1-5H2,(H,16,17)(H,13,14,15). The SMILES string of the molecule is O=C(CCCNc1ncc(I)cn1)NC1CC1. The van der Waals surface area contributed by atoms with Gasteiger partial charge in [-0.05, 0) is 41.9 Å². The average molecular weight is 346 g/mol. The maximum Gasteiger partial charge on any atom is 0.222 e. The van der Waals surface area contributed by atoms with Gasteiger partial charge in [0, 0.05) is 35.0 Å². The van der Waals surface area contributed by atoms with Crippen molar-refractivity contribution in [1.29, 1.82) is 0 Å². The minimum atomic E-state index is 0.151. The van der Waals surface area contributed by atoms with Gasteiger partial charge in [0.25, 0.3) is 0 Å². The molecule has 5 nitrogen and oxygen atoms in total. The number of halogens is 1. The first-order valence-corrected chi connectivity index (χ1v) is 6.83. The molecule has 92 valence electrons. The van der Waals surface area contributed by atoms with Gasteiger partial charge in [-0.25, -0.2) is 9.97 Å². The van der Waals surface area contributed by atoms with Gasteiger partial charge in [0.15, 0.2) is 0 Å². The summed E-state index contributed by atoms with van der Waals surface area (Å²) in [6.07, 6.45) is 7.16. The molecule has 0 unspecified atom stereocenters. The van der Waals surface area contributed by atoms with E-state index in [4.69, 9.17) is 0 Å². The van der Waals surface area contributed by atoms with Crippen LogP contribution >= 0.6 is 22.6 Å². The first-order chi connectivity index (χ1) is 8.24. The van der Waals surface area contributed by atoms with Crippen LogP contribution in [0.1, 0.15) is 25.7 Å². The van der Waals surface area contributed by atoms with E-state index >= 15 is 0 Å². The Hall–Kier alpha value is -0.920. The lowest BCUT2D eigenvalue weighted by Crippen LogP contribution is -2.25. The van der Waals surface area contributed by atoms with Crippen LogP contribution in [0.3, 0.4) is 0 Å². The van der Waals surface area contributed by atoms with Gasteiger partial charge in [0.1, 0.15) is 0 Å². The van der Waals surface area contributed by atoms with Crippen LogP contribution in [0.4, 0.5) is 5.95 Å². The van der Waals surface area contributed by atoms with E-state index in [1.807, 2.05) is 0 Å². The van der Waals surface area contributed by atoms with E-state index in [1.165, 1.54) is 0 Å². The molecular weight excluding hydrogens is 331 g/mol. The molecule has 1 heterocycles. The zero-order valence-corrected chi connectivity index (χ0v) is 11.6. The van der Waals surface area contributed by atoms with Crippen molar-refractivity contribution in [3.8, 4) is 0 Å². The Balaban J connectivity index is 1.59. The Morgan fingerprint density at radius 2 is 2.12 bits per heavy atom. The fourth-order valence-corrected chi connectivity index (χ4v) is 1.66. The summed E-state index contributed by atoms with van der Waals surface area (Å²) in [5.74, 6) is 0.769. The lowest BCUT2D eigenvalue weighted by atomic mass is 10.3. The number of aromatic nitrogens is 2. The van der Waals surface area contributed by atoms with Gasteiger partial charge in [-0.1, -0.05) is 0 Å². The minimum Gasteiger partial charge on any atom is -0.354 e. The number of hydrogen-bond acceptors (Lipinski definition) is 4. The van der Waals surface area contributed by atoms with Crippen LogP contribution in [0, 0.1) is 3.57 Å². The third-order valence-electron chi connectivity index (χ3n) is 2.43. The van der Waals surface area contributed by atoms with Gasteiger partial charge in [-0.3, -0.25) is 4.79 Å². The van der Waals surface area contributed by atoms with E-state index in [-0.39, 0.29) is 5.91 Å². The second-order valence-corrected chi connectivity index (χ2v) is 5.34. The zero-order valence-electron chi connectivity index (χ0n) is 9.45. The number of nitrogens with one attached hydrogen (secondary N) is 2. The monoisotopic (exact) mass is 346 g/mol. The fourth-order valence-electron chi connectivity index (χ4n) is 1.38. The quantitative estimate of drug-likeness (QED) is 0.606. The van der Waals surface area contributed by atoms with Gasteiger partial charge in [0.05, 0.1) is 0 Å². The second kappa shape index (κ2) is 6.13. The average Bonchev–Trinajstić information content (AvgIpc) is 3.11. The number of anilines is 1. The predicted octanol–water partition coefficient (Wildman–Crippen LogP) is 1.55. The van der Waals surface area contributed by atoms with Crippen molar-refractivity contribution in [2.45, 2.75) is 31.7 Å². The highest BCUT2D eigenvalue weighted by atomic mass is 127. The van der Waals surface area contributed by atoms with Crippen LogP contribution in [-0.4, -0.2) is 28.5 Å². The Morgan fingerprint density at radius 3 is 2.76 bits per heavy atom. The molecule has 1 aromatic heterocycles. The summed E-state index contributed by atoms with van der Waals surface area (Å²) in [4.78, 5) is 19.6. The molecule has 1 amide bonds. The highest BCUT2D eigenvalue weighted by Crippen LogP contribution is 2.18. The van der Waals surface area contributed by atoms with E-state index in [2.05, 4.69) is 43.2 Å². The maximum absolute atomic E-state index is 11.4. The molecule has 2 rings (SSSR count). The van der Waals surface area contributed by atoms with Gasteiger partial charge < -0.3 is 10.6 Å². The van der Waals surface area contributed by atoms with E-state index in [0.29, 0.717) is 18.4 Å². The van der Waals surface area contributed by atoms with Crippen molar-refractivity contribution in [2.24, 2.45) is 0 Å². The molecule has 1 fully saturated rings. The second-order valence-electron chi connectivity index (χ2n) is 4.10. The third-order valence-corrected chi connectivity index (χ3v) is 2.98. The fraction of sp³-hybridized carbons (Fsp3) is 0.545. The van der Waals surface area contributed by atoms with Crippen LogP contribution < -0.4 is 10.6 Å². The Labute approximate surface area is 114 Å². The summed E-state index contributed by atoms with van der Waals surface area (Å²) in [6.45, 7) is 0.721. The minimum absolute atomic E-state index is 0.151. The van der Waals surface area contributed by atoms with E-state index in [0.717, 1.165) is 29.4 Å². The van der Waals surface area contributed by atoms with E-state index < -0.39 is 0 Å². The van der Waals surface area contributed by atoms with Gasteiger partial charge in [-0.15, -0.1) is 0 Å². The molecule has 0 saturated heterocycles. The van der Waals surface area contributed by atoms with Crippen LogP contribution in [-0.2, 0) is 4.79 Å². The number of hydrogen-bond donors (Lipinski definition) is 2. The number of rotatable bonds is 6. The highest BCUT2D eigenvalue weighted by Gasteiger charge is 2.22. The molecule has 0 aromatic carbocycles. The number of carbonyl (C=O) groups is 1. The van der Waals surface area contributed by atoms with Crippen molar-refractivity contribution < 1.29 is 4.79 Å². The number of amides is 1. The smallest absolute Gasteiger partial charge is 0.222 e. The number of nitrogens with zero attached hydrogens (tertiary/aromatic N) is 2. The first-order valence-electron chi connectivity index (χ1n) is 5.75. The van der Waals surface area contributed by atoms with Crippen molar-refractivity contribution in [3.63, 3.8) is 0 Å². The van der Waals surface area contributed by atoms with Crippen molar-refractivity contribution >= 4 is 34.4 Å². The van der Waals surface area contributed by atoms with E-state index in [9.17, 15) is 4.79 Å². The maximum atomic E-state index is 11.4. The molecule has 17 heavy (non-hydrogen) atoms. The Bertz CT molecular complexity index is 378. The van der Waals surface area contributed by atoms with Crippen LogP contribution in [0.25, 0.3) is 0 Å². The molecule has 1 aliphatic rings. The molecule has 6 heteroatoms. The molecule has 1 saturated carbocycles. The molecule has 2 N–H and O–H groups in total. The molecule has 0 radical (unpaired) electrons. The summed E-state index contributed by atoms with van der Waals surface area (Å²) in [5, 5.41) is 6.05. The summed E-state index contributed by atoms with van der Waals surface area (Å²) >= 11 is 2.16. The van der Waals surface area contributed by atoms with E-state index in [1.54, 1.807) is 12.4 Å². The summed E-state index contributed by atoms with van der Waals surface area (Å²) in [6, 6.07) is 0.454. The van der Waals surface area contributed by atoms with Crippen molar-refractivity contribution in [1.82, 2.24) is 15.3 Å². The van der Waals surface area contributed by atoms with Gasteiger partial charge in [0.2, 0.25) is 11.9 Å². The van der Waals surface area contributed by atoms with Crippen LogP contribution in [0.5, 0.6) is 0 Å². The summed E-state index contributed by atoms with van der Waals surface area (Å²) in [5.41, 5.74) is 0. The summed E-state index contributed by atoms with van der Waals surface area (Å²) in [7, 11) is 0. The molecule has 0 spiro atoms. The van der Waals surface area contributed by atoms with Crippen LogP contribution in [0.15, 0.2) is 12.4 Å². The highest BCUT2D eigenvalue weighted by molar-refractivity contribution is 14.1. The topological polar surface area (TPSA) is 66.9 Å². The number of carbonyl (C=O) groups excluding carboxylic acids is 1. The van der Waals surface area contributed by atoms with Crippen molar-refractivity contribution in [3.05, 3.63) is 16.0 Å². The van der Waals surface area contributed by atoms with Crippen LogP contribution in [0.2, 0.25) is 0 Å². The first kappa shape index (κ1) is 12.5. The lowest BCUT2D eigenvalue weighted by molar-refractivity contribution is -0.121. The van der Waals surface area contributed by atoms with Gasteiger partial charge in [-0.2, -0.15) is 0 Å². The molecule has 0 bridgehead atoms. The lowest BCUT2D eigenvalue weighted by Gasteiger charge is -2.05. The zero-order chi connectivity index (χ0) is 12.1. The third kappa shape index (κ3) is 4.84. The Kier molecular flexibility index (Phi) is 4.52.